The van der Waals surface area contributed by atoms with Crippen LogP contribution in [0.15, 0.2) is 0 Å². The molecule has 0 spiro atoms. The maximum atomic E-state index is 11.3. The lowest BCUT2D eigenvalue weighted by Crippen LogP contribution is -2.61. The molecule has 1 aliphatic carbocycles. The number of nitrogens with one attached hydrogen (secondary N) is 1. The molecule has 9 heteroatoms. The molecule has 24 heavy (non-hydrogen) atoms. The van der Waals surface area contributed by atoms with E-state index in [1.54, 1.807) is 0 Å². The van der Waals surface area contributed by atoms with Crippen molar-refractivity contribution < 1.29 is 34.3 Å². The predicted octanol–water partition coefficient (Wildman–Crippen LogP) is -2.40. The summed E-state index contributed by atoms with van der Waals surface area (Å²) < 4.78 is 16.2. The highest BCUT2D eigenvalue weighted by molar-refractivity contribution is 5.73. The summed E-state index contributed by atoms with van der Waals surface area (Å²) in [6, 6.07) is -0.729. The molecule has 0 saturated heterocycles. The van der Waals surface area contributed by atoms with Crippen molar-refractivity contribution in [1.29, 1.82) is 0 Å². The minimum Gasteiger partial charge on any atom is -0.396 e. The quantitative estimate of drug-likeness (QED) is 0.260. The molecule has 0 aliphatic heterocycles. The second-order valence-corrected chi connectivity index (χ2v) is 5.81. The number of hydrogen-bond acceptors (Lipinski definition) is 8. The van der Waals surface area contributed by atoms with E-state index in [-0.39, 0.29) is 19.1 Å². The van der Waals surface area contributed by atoms with E-state index in [2.05, 4.69) is 5.32 Å². The van der Waals surface area contributed by atoms with Gasteiger partial charge in [-0.05, 0) is 6.42 Å². The molecule has 1 amide bonds. The van der Waals surface area contributed by atoms with Crippen LogP contribution in [0, 0.1) is 5.92 Å². The number of nitrogens with two attached hydrogens (primary N) is 1. The van der Waals surface area contributed by atoms with E-state index in [0.29, 0.717) is 39.4 Å². The zero-order valence-electron chi connectivity index (χ0n) is 14.1. The maximum absolute atomic E-state index is 11.3. The minimum absolute atomic E-state index is 0.263. The van der Waals surface area contributed by atoms with Crippen LogP contribution in [-0.4, -0.2) is 91.8 Å². The second kappa shape index (κ2) is 11.7. The van der Waals surface area contributed by atoms with Gasteiger partial charge in [0, 0.05) is 26.0 Å². The molecular formula is C15H30N2O7. The fraction of sp³-hybridized carbons (Fsp3) is 0.933. The number of aliphatic hydroxyl groups is 3. The van der Waals surface area contributed by atoms with Crippen LogP contribution >= 0.6 is 0 Å². The molecule has 1 fully saturated rings. The Morgan fingerprint density at radius 2 is 1.75 bits per heavy atom. The van der Waals surface area contributed by atoms with Gasteiger partial charge in [0.25, 0.3) is 0 Å². The first-order valence-corrected chi connectivity index (χ1v) is 8.22. The van der Waals surface area contributed by atoms with Crippen LogP contribution < -0.4 is 11.1 Å². The summed E-state index contributed by atoms with van der Waals surface area (Å²) in [5, 5.41) is 32.1. The number of carbonyl (C=O) groups is 1. The smallest absolute Gasteiger partial charge is 0.217 e. The Labute approximate surface area is 142 Å². The number of hydrogen-bond donors (Lipinski definition) is 5. The van der Waals surface area contributed by atoms with Gasteiger partial charge in [-0.25, -0.2) is 0 Å². The lowest BCUT2D eigenvalue weighted by atomic mass is 9.79. The molecule has 0 aromatic carbocycles. The van der Waals surface area contributed by atoms with E-state index in [1.807, 2.05) is 0 Å². The first-order valence-electron chi connectivity index (χ1n) is 8.22. The van der Waals surface area contributed by atoms with Crippen LogP contribution in [0.5, 0.6) is 0 Å². The number of rotatable bonds is 11. The maximum Gasteiger partial charge on any atom is 0.217 e. The molecule has 1 rings (SSSR count). The topological polar surface area (TPSA) is 144 Å². The molecule has 9 nitrogen and oxygen atoms in total. The molecule has 0 aromatic heterocycles. The summed E-state index contributed by atoms with van der Waals surface area (Å²) in [7, 11) is 0. The second-order valence-electron chi connectivity index (χ2n) is 5.81. The van der Waals surface area contributed by atoms with Crippen molar-refractivity contribution >= 4 is 5.91 Å². The highest BCUT2D eigenvalue weighted by Gasteiger charge is 2.44. The van der Waals surface area contributed by atoms with Crippen LogP contribution in [0.25, 0.3) is 0 Å². The zero-order valence-corrected chi connectivity index (χ0v) is 14.1. The zero-order chi connectivity index (χ0) is 17.9. The molecule has 5 atom stereocenters. The van der Waals surface area contributed by atoms with Crippen LogP contribution in [-0.2, 0) is 19.0 Å². The molecule has 0 heterocycles. The molecule has 0 aromatic rings. The van der Waals surface area contributed by atoms with Crippen LogP contribution in [0.3, 0.4) is 0 Å². The first-order chi connectivity index (χ1) is 11.5. The Morgan fingerprint density at radius 3 is 2.33 bits per heavy atom. The van der Waals surface area contributed by atoms with Gasteiger partial charge in [-0.15, -0.1) is 0 Å². The SMILES string of the molecule is CC(=O)N[C@@H]1C(OCCOCCOCCN)CC(CO)C(O)[C@H]1O. The van der Waals surface area contributed by atoms with Crippen LogP contribution in [0.2, 0.25) is 0 Å². The summed E-state index contributed by atoms with van der Waals surface area (Å²) in [4.78, 5) is 11.3. The van der Waals surface area contributed by atoms with E-state index in [1.165, 1.54) is 6.92 Å². The van der Waals surface area contributed by atoms with Gasteiger partial charge < -0.3 is 40.6 Å². The lowest BCUT2D eigenvalue weighted by molar-refractivity contribution is -0.145. The number of amides is 1. The summed E-state index contributed by atoms with van der Waals surface area (Å²) in [5.41, 5.74) is 5.29. The number of aliphatic hydroxyl groups excluding tert-OH is 3. The van der Waals surface area contributed by atoms with Crippen molar-refractivity contribution in [3.8, 4) is 0 Å². The van der Waals surface area contributed by atoms with Crippen LogP contribution in [0.4, 0.5) is 0 Å². The van der Waals surface area contributed by atoms with E-state index < -0.39 is 30.3 Å². The van der Waals surface area contributed by atoms with E-state index in [9.17, 15) is 20.1 Å². The minimum atomic E-state index is -1.20. The van der Waals surface area contributed by atoms with Gasteiger partial charge in [-0.2, -0.15) is 0 Å². The standard InChI is InChI=1S/C15H30N2O7/c1-10(19)17-13-12(8-11(9-18)14(20)15(13)21)24-7-6-23-5-4-22-3-2-16/h11-15,18,20-21H,2-9,16H2,1H3,(H,17,19)/t11?,12?,13-,14?,15+/m1/s1. The highest BCUT2D eigenvalue weighted by Crippen LogP contribution is 2.27. The van der Waals surface area contributed by atoms with Crippen molar-refractivity contribution in [2.75, 3.05) is 46.2 Å². The molecule has 6 N–H and O–H groups in total. The summed E-state index contributed by atoms with van der Waals surface area (Å²) >= 11 is 0. The molecule has 0 radical (unpaired) electrons. The van der Waals surface area contributed by atoms with E-state index in [0.717, 1.165) is 0 Å². The third kappa shape index (κ3) is 6.98. The van der Waals surface area contributed by atoms with Crippen molar-refractivity contribution in [3.63, 3.8) is 0 Å². The van der Waals surface area contributed by atoms with E-state index in [4.69, 9.17) is 19.9 Å². The molecule has 1 saturated carbocycles. The molecular weight excluding hydrogens is 320 g/mol. The van der Waals surface area contributed by atoms with E-state index >= 15 is 0 Å². The third-order valence-corrected chi connectivity index (χ3v) is 3.93. The van der Waals surface area contributed by atoms with Crippen molar-refractivity contribution in [3.05, 3.63) is 0 Å². The molecule has 3 unspecified atom stereocenters. The molecule has 1 aliphatic rings. The Bertz CT molecular complexity index is 359. The third-order valence-electron chi connectivity index (χ3n) is 3.93. The van der Waals surface area contributed by atoms with Gasteiger partial charge >= 0.3 is 0 Å². The average molecular weight is 350 g/mol. The predicted molar refractivity (Wildman–Crippen MR) is 85.2 cm³/mol. The average Bonchev–Trinajstić information content (AvgIpc) is 2.55. The number of carbonyl (C=O) groups excluding carboxylic acids is 1. The van der Waals surface area contributed by atoms with Gasteiger partial charge in [0.2, 0.25) is 5.91 Å². The van der Waals surface area contributed by atoms with Crippen molar-refractivity contribution in [2.45, 2.75) is 37.7 Å². The van der Waals surface area contributed by atoms with Gasteiger partial charge in [-0.3, -0.25) is 4.79 Å². The normalized spacial score (nSPS) is 30.3. The monoisotopic (exact) mass is 350 g/mol. The summed E-state index contributed by atoms with van der Waals surface area (Å²) in [5.74, 6) is -0.823. The molecule has 142 valence electrons. The summed E-state index contributed by atoms with van der Waals surface area (Å²) in [6.07, 6.45) is -2.49. The highest BCUT2D eigenvalue weighted by atomic mass is 16.5. The Hall–Kier alpha value is -0.810. The lowest BCUT2D eigenvalue weighted by Gasteiger charge is -2.42. The van der Waals surface area contributed by atoms with Gasteiger partial charge in [-0.1, -0.05) is 0 Å². The summed E-state index contributed by atoms with van der Waals surface area (Å²) in [6.45, 7) is 3.49. The van der Waals surface area contributed by atoms with Crippen LogP contribution in [0.1, 0.15) is 13.3 Å². The van der Waals surface area contributed by atoms with Gasteiger partial charge in [0.1, 0.15) is 6.10 Å². The largest absolute Gasteiger partial charge is 0.396 e. The van der Waals surface area contributed by atoms with Crippen molar-refractivity contribution in [2.24, 2.45) is 11.7 Å². The fourth-order valence-corrected chi connectivity index (χ4v) is 2.73. The molecule has 0 bridgehead atoms. The fourth-order valence-electron chi connectivity index (χ4n) is 2.73. The Kier molecular flexibility index (Phi) is 10.3. The number of ether oxygens (including phenoxy) is 3. The van der Waals surface area contributed by atoms with Gasteiger partial charge in [0.15, 0.2) is 0 Å². The Balaban J connectivity index is 2.39. The first kappa shape index (κ1) is 21.2. The van der Waals surface area contributed by atoms with Gasteiger partial charge in [0.05, 0.1) is 51.3 Å². The van der Waals surface area contributed by atoms with Crippen molar-refractivity contribution in [1.82, 2.24) is 5.32 Å². The Morgan fingerprint density at radius 1 is 1.12 bits per heavy atom.